The largest absolute Gasteiger partial charge is 0.478 e. The molecule has 0 aromatic rings. The first-order chi connectivity index (χ1) is 15.1. The van der Waals surface area contributed by atoms with Crippen molar-refractivity contribution in [3.63, 3.8) is 0 Å². The topological polar surface area (TPSA) is 219 Å². The Bertz CT molecular complexity index is 710. The molecule has 5 atom stereocenters. The Morgan fingerprint density at radius 3 is 2.44 bits per heavy atom. The van der Waals surface area contributed by atoms with Crippen molar-refractivity contribution in [3.8, 4) is 0 Å². The summed E-state index contributed by atoms with van der Waals surface area (Å²) in [4.78, 5) is 38.2. The van der Waals surface area contributed by atoms with Gasteiger partial charge in [-0.1, -0.05) is 0 Å². The number of carbonyl (C=O) groups is 3. The normalized spacial score (nSPS) is 22.0. The molecule has 9 N–H and O–H groups in total. The van der Waals surface area contributed by atoms with Crippen LogP contribution >= 0.6 is 0 Å². The Morgan fingerprint density at radius 2 is 1.91 bits per heavy atom. The lowest BCUT2D eigenvalue weighted by Gasteiger charge is -2.40. The molecule has 13 heteroatoms. The van der Waals surface area contributed by atoms with Crippen LogP contribution in [-0.4, -0.2) is 89.2 Å². The first-order valence-corrected chi connectivity index (χ1v) is 10.2. The van der Waals surface area contributed by atoms with Crippen LogP contribution < -0.4 is 22.1 Å². The molecule has 32 heavy (non-hydrogen) atoms. The van der Waals surface area contributed by atoms with Crippen LogP contribution in [0.25, 0.3) is 0 Å². The predicted molar refractivity (Wildman–Crippen MR) is 113 cm³/mol. The summed E-state index contributed by atoms with van der Waals surface area (Å²) in [5.74, 6) is -2.82. The van der Waals surface area contributed by atoms with Gasteiger partial charge in [0.15, 0.2) is 12.1 Å². The summed E-state index contributed by atoms with van der Waals surface area (Å²) in [5.41, 5.74) is 10.9. The van der Waals surface area contributed by atoms with Gasteiger partial charge in [0, 0.05) is 27.0 Å². The van der Waals surface area contributed by atoms with Crippen LogP contribution in [0.1, 0.15) is 33.1 Å². The second-order valence-corrected chi connectivity index (χ2v) is 7.32. The number of guanidine groups is 1. The van der Waals surface area contributed by atoms with E-state index in [1.807, 2.05) is 0 Å². The van der Waals surface area contributed by atoms with Crippen molar-refractivity contribution in [2.75, 3.05) is 19.8 Å². The molecule has 182 valence electrons. The van der Waals surface area contributed by atoms with Crippen LogP contribution in [0.5, 0.6) is 0 Å². The van der Waals surface area contributed by atoms with E-state index >= 15 is 0 Å². The van der Waals surface area contributed by atoms with E-state index in [1.165, 1.54) is 13.8 Å². The van der Waals surface area contributed by atoms with Crippen LogP contribution in [0.3, 0.4) is 0 Å². The Kier molecular flexibility index (Phi) is 11.4. The number of hydrogen-bond acceptors (Lipinski definition) is 8. The number of nitrogens with two attached hydrogens (primary N) is 2. The molecule has 0 saturated carbocycles. The summed E-state index contributed by atoms with van der Waals surface area (Å²) in [6.45, 7) is 2.64. The Balaban J connectivity index is 3.03. The molecule has 1 rings (SSSR count). The van der Waals surface area contributed by atoms with E-state index in [-0.39, 0.29) is 18.5 Å². The summed E-state index contributed by atoms with van der Waals surface area (Å²) in [6, 6.07) is -1.99. The van der Waals surface area contributed by atoms with E-state index in [4.69, 9.17) is 20.9 Å². The van der Waals surface area contributed by atoms with Gasteiger partial charge in [-0.3, -0.25) is 9.59 Å². The van der Waals surface area contributed by atoms with Gasteiger partial charge in [0.2, 0.25) is 17.6 Å². The van der Waals surface area contributed by atoms with Crippen molar-refractivity contribution in [2.24, 2.45) is 16.5 Å². The molecule has 0 aliphatic carbocycles. The lowest BCUT2D eigenvalue weighted by Crippen LogP contribution is -2.60. The van der Waals surface area contributed by atoms with Crippen LogP contribution in [-0.2, 0) is 23.9 Å². The van der Waals surface area contributed by atoms with Crippen LogP contribution in [0.4, 0.5) is 0 Å². The van der Waals surface area contributed by atoms with Crippen molar-refractivity contribution in [3.05, 3.63) is 11.8 Å². The molecule has 0 saturated heterocycles. The fourth-order valence-corrected chi connectivity index (χ4v) is 3.21. The van der Waals surface area contributed by atoms with Gasteiger partial charge in [-0.25, -0.2) is 9.79 Å². The summed E-state index contributed by atoms with van der Waals surface area (Å²) >= 11 is 0. The number of carboxylic acids is 1. The summed E-state index contributed by atoms with van der Waals surface area (Å²) in [7, 11) is 0. The third kappa shape index (κ3) is 9.08. The van der Waals surface area contributed by atoms with E-state index in [9.17, 15) is 29.7 Å². The highest BCUT2D eigenvalue weighted by Gasteiger charge is 2.45. The quantitative estimate of drug-likeness (QED) is 0.0875. The number of aliphatic hydroxyl groups excluding tert-OH is 2. The highest BCUT2D eigenvalue weighted by molar-refractivity contribution is 5.85. The van der Waals surface area contributed by atoms with Gasteiger partial charge in [0.1, 0.15) is 12.2 Å². The zero-order chi connectivity index (χ0) is 24.3. The Hall–Kier alpha value is -2.90. The number of amides is 2. The van der Waals surface area contributed by atoms with Gasteiger partial charge in [-0.15, -0.1) is 0 Å². The number of aliphatic imine (C=N–C) groups is 1. The van der Waals surface area contributed by atoms with Gasteiger partial charge in [0.25, 0.3) is 0 Å². The number of aliphatic hydroxyl groups is 2. The maximum absolute atomic E-state index is 11.8. The van der Waals surface area contributed by atoms with Crippen LogP contribution in [0.2, 0.25) is 0 Å². The lowest BCUT2D eigenvalue weighted by atomic mass is 9.92. The minimum Gasteiger partial charge on any atom is -0.478 e. The van der Waals surface area contributed by atoms with E-state index in [0.29, 0.717) is 25.8 Å². The molecule has 0 spiro atoms. The van der Waals surface area contributed by atoms with Gasteiger partial charge < -0.3 is 46.9 Å². The molecule has 1 aliphatic heterocycles. The molecule has 2 amide bonds. The maximum atomic E-state index is 11.8. The monoisotopic (exact) mass is 459 g/mol. The van der Waals surface area contributed by atoms with Gasteiger partial charge in [-0.05, 0) is 25.3 Å². The average Bonchev–Trinajstić information content (AvgIpc) is 2.69. The predicted octanol–water partition coefficient (Wildman–Crippen LogP) is -2.45. The van der Waals surface area contributed by atoms with Gasteiger partial charge >= 0.3 is 5.97 Å². The fourth-order valence-electron chi connectivity index (χ4n) is 3.21. The molecule has 0 aromatic carbocycles. The SMILES string of the molecule is CC(=O)NCCCCCO[C@@H]([C@@H]1OC(C(=O)O)=C[C@H](N=C(N)N)[C@H]1NC(C)=O)[C@H](O)CO. The molecule has 0 unspecified atom stereocenters. The number of nitrogens with one attached hydrogen (secondary N) is 2. The second kappa shape index (κ2) is 13.5. The molecular formula is C19H33N5O8. The third-order valence-corrected chi connectivity index (χ3v) is 4.58. The average molecular weight is 460 g/mol. The summed E-state index contributed by atoms with van der Waals surface area (Å²) < 4.78 is 11.3. The fraction of sp³-hybridized carbons (Fsp3) is 0.684. The van der Waals surface area contributed by atoms with E-state index in [1.54, 1.807) is 0 Å². The number of carboxylic acid groups (broad SMARTS) is 1. The van der Waals surface area contributed by atoms with Crippen molar-refractivity contribution in [1.29, 1.82) is 0 Å². The molecule has 0 aromatic heterocycles. The van der Waals surface area contributed by atoms with E-state index in [0.717, 1.165) is 6.08 Å². The van der Waals surface area contributed by atoms with Crippen molar-refractivity contribution >= 4 is 23.7 Å². The second-order valence-electron chi connectivity index (χ2n) is 7.32. The number of unbranched alkanes of at least 4 members (excludes halogenated alkanes) is 2. The van der Waals surface area contributed by atoms with Crippen molar-refractivity contribution < 1.29 is 39.2 Å². The minimum absolute atomic E-state index is 0.122. The van der Waals surface area contributed by atoms with Crippen molar-refractivity contribution in [1.82, 2.24) is 10.6 Å². The number of aliphatic carboxylic acids is 1. The van der Waals surface area contributed by atoms with Gasteiger partial charge in [0.05, 0.1) is 18.7 Å². The highest BCUT2D eigenvalue weighted by Crippen LogP contribution is 2.26. The minimum atomic E-state index is -1.44. The number of hydrogen-bond donors (Lipinski definition) is 7. The first kappa shape index (κ1) is 27.1. The zero-order valence-electron chi connectivity index (χ0n) is 18.2. The zero-order valence-corrected chi connectivity index (χ0v) is 18.2. The number of carbonyl (C=O) groups excluding carboxylic acids is 2. The Morgan fingerprint density at radius 1 is 1.22 bits per heavy atom. The number of ether oxygens (including phenoxy) is 2. The van der Waals surface area contributed by atoms with Crippen LogP contribution in [0.15, 0.2) is 16.8 Å². The molecule has 0 bridgehead atoms. The summed E-state index contributed by atoms with van der Waals surface area (Å²) in [6.07, 6.45) is -0.739. The lowest BCUT2D eigenvalue weighted by molar-refractivity contribution is -0.153. The molecular weight excluding hydrogens is 426 g/mol. The molecule has 0 radical (unpaired) electrons. The third-order valence-electron chi connectivity index (χ3n) is 4.58. The van der Waals surface area contributed by atoms with E-state index < -0.39 is 54.6 Å². The first-order valence-electron chi connectivity index (χ1n) is 10.2. The van der Waals surface area contributed by atoms with Gasteiger partial charge in [-0.2, -0.15) is 0 Å². The standard InChI is InChI=1S/C19H33N5O8/c1-10(26)22-6-4-3-5-7-31-16(13(28)9-25)17-15(23-11(2)27)12(24-19(20)21)8-14(32-17)18(29)30/h8,12-13,15-17,25,28H,3-7,9H2,1-2H3,(H,22,26)(H,23,27)(H,29,30)(H4,20,21,24)/t12-,13+,15+,16+,17+/m0/s1. The Labute approximate surface area is 185 Å². The molecule has 1 heterocycles. The molecule has 0 fully saturated rings. The van der Waals surface area contributed by atoms with E-state index in [2.05, 4.69) is 15.6 Å². The van der Waals surface area contributed by atoms with Crippen LogP contribution in [0, 0.1) is 0 Å². The van der Waals surface area contributed by atoms with Crippen molar-refractivity contribution in [2.45, 2.75) is 63.5 Å². The summed E-state index contributed by atoms with van der Waals surface area (Å²) in [5, 5.41) is 34.5. The highest BCUT2D eigenvalue weighted by atomic mass is 16.6. The maximum Gasteiger partial charge on any atom is 0.370 e. The molecule has 13 nitrogen and oxygen atoms in total. The molecule has 1 aliphatic rings. The number of nitrogens with zero attached hydrogens (tertiary/aromatic N) is 1. The number of rotatable bonds is 13. The smallest absolute Gasteiger partial charge is 0.370 e.